The minimum Gasteiger partial charge on any atom is -0.172 e. The zero-order valence-corrected chi connectivity index (χ0v) is 8.88. The summed E-state index contributed by atoms with van der Waals surface area (Å²) in [5.41, 5.74) is 2.33. The quantitative estimate of drug-likeness (QED) is 0.446. The second kappa shape index (κ2) is 2.02. The molecule has 1 aliphatic heterocycles. The molecule has 0 aliphatic carbocycles. The van der Waals surface area contributed by atoms with Crippen LogP contribution in [0.2, 0.25) is 11.3 Å². The average Bonchev–Trinajstić information content (AvgIpc) is 1.27. The van der Waals surface area contributed by atoms with Gasteiger partial charge in [-0.3, -0.25) is 0 Å². The largest absolute Gasteiger partial charge is 0.223 e. The van der Waals surface area contributed by atoms with Gasteiger partial charge in [-0.2, -0.15) is 22.2 Å². The van der Waals surface area contributed by atoms with Crippen molar-refractivity contribution in [2.45, 2.75) is 11.3 Å². The third-order valence-electron chi connectivity index (χ3n) is 1.04. The van der Waals surface area contributed by atoms with E-state index < -0.39 is 14.1 Å². The molecule has 0 amide bonds. The molecule has 0 aromatic carbocycles. The van der Waals surface area contributed by atoms with Crippen molar-refractivity contribution in [3.63, 3.8) is 0 Å². The Morgan fingerprint density at radius 2 is 2.00 bits per heavy atom. The summed E-state index contributed by atoms with van der Waals surface area (Å²) in [6, 6.07) is -1.30. The van der Waals surface area contributed by atoms with Crippen LogP contribution in [0.4, 0.5) is 0 Å². The maximum Gasteiger partial charge on any atom is 0.223 e. The van der Waals surface area contributed by atoms with Gasteiger partial charge in [0, 0.05) is 0 Å². The highest BCUT2D eigenvalue weighted by molar-refractivity contribution is 9.27. The molecule has 1 saturated heterocycles. The lowest BCUT2D eigenvalue weighted by Crippen LogP contribution is -2.40. The van der Waals surface area contributed by atoms with Crippen molar-refractivity contribution in [2.75, 3.05) is 0 Å². The highest BCUT2D eigenvalue weighted by Gasteiger charge is 2.43. The molecule has 42 valence electrons. The van der Waals surface area contributed by atoms with E-state index in [1.165, 1.54) is 0 Å². The van der Waals surface area contributed by atoms with E-state index in [4.69, 9.17) is 22.2 Å². The summed E-state index contributed by atoms with van der Waals surface area (Å²) in [6.45, 7) is 0. The molecule has 0 unspecified atom stereocenters. The van der Waals surface area contributed by atoms with E-state index >= 15 is 0 Å². The smallest absolute Gasteiger partial charge is 0.172 e. The number of rotatable bonds is 0. The van der Waals surface area contributed by atoms with E-state index in [9.17, 15) is 0 Å². The lowest BCUT2D eigenvalue weighted by molar-refractivity contribution is 1.64. The number of hydrogen-bond acceptors (Lipinski definition) is 0. The van der Waals surface area contributed by atoms with Gasteiger partial charge in [0.05, 0.1) is 0 Å². The van der Waals surface area contributed by atoms with Gasteiger partial charge in [0.1, 0.15) is 8.11 Å². The Morgan fingerprint density at radius 1 is 1.57 bits per heavy atom. The molecule has 0 spiro atoms. The Bertz CT molecular complexity index is 77.8. The van der Waals surface area contributed by atoms with Gasteiger partial charge < -0.3 is 0 Å². The summed E-state index contributed by atoms with van der Waals surface area (Å²) in [6.07, 6.45) is 0. The van der Waals surface area contributed by atoms with Gasteiger partial charge in [0.25, 0.3) is 0 Å². The second-order valence-corrected chi connectivity index (χ2v) is 18.0. The van der Waals surface area contributed by atoms with Crippen molar-refractivity contribution in [3.8, 4) is 0 Å². The molecule has 0 aromatic rings. The van der Waals surface area contributed by atoms with Crippen molar-refractivity contribution in [1.29, 1.82) is 0 Å². The van der Waals surface area contributed by atoms with Crippen LogP contribution < -0.4 is 0 Å². The van der Waals surface area contributed by atoms with Crippen molar-refractivity contribution in [1.82, 2.24) is 0 Å². The second-order valence-electron chi connectivity index (χ2n) is 1.86. The molecular formula is C2H5BrCl2Si2. The summed E-state index contributed by atoms with van der Waals surface area (Å²) in [7, 11) is -0.739. The molecule has 1 rings (SSSR count). The molecule has 0 nitrogen and oxygen atoms in total. The first-order valence-electron chi connectivity index (χ1n) is 2.12. The summed E-state index contributed by atoms with van der Waals surface area (Å²) < 4.78 is 0. The molecule has 0 radical (unpaired) electrons. The molecule has 0 atom stereocenters. The minimum absolute atomic E-state index is 0.739. The zero-order chi connectivity index (χ0) is 5.49. The van der Waals surface area contributed by atoms with Crippen LogP contribution >= 0.6 is 37.5 Å². The molecule has 1 heterocycles. The fourth-order valence-corrected chi connectivity index (χ4v) is 25.2. The first-order chi connectivity index (χ1) is 3.10. The summed E-state index contributed by atoms with van der Waals surface area (Å²) >= 11 is 15.2. The predicted octanol–water partition coefficient (Wildman–Crippen LogP) is 2.12. The standard InChI is InChI=1S/C2H5BrCl2Si2/c3-7(5)1-6(4)2-7/h6H,1-2H2. The fraction of sp³-hybridized carbons (Fsp3) is 1.00. The maximum absolute atomic E-state index is 5.91. The third-order valence-corrected chi connectivity index (χ3v) is 20.7. The monoisotopic (exact) mass is 234 g/mol. The van der Waals surface area contributed by atoms with Gasteiger partial charge in [-0.05, 0) is 11.3 Å². The van der Waals surface area contributed by atoms with Crippen LogP contribution in [0.5, 0.6) is 0 Å². The van der Waals surface area contributed by atoms with E-state index in [0.29, 0.717) is 0 Å². The molecule has 0 N–H and O–H groups in total. The Hall–Kier alpha value is 1.49. The van der Waals surface area contributed by atoms with Crippen molar-refractivity contribution < 1.29 is 0 Å². The van der Waals surface area contributed by atoms with Crippen LogP contribution in [0.15, 0.2) is 0 Å². The highest BCUT2D eigenvalue weighted by atomic mass is 79.9. The van der Waals surface area contributed by atoms with Gasteiger partial charge in [-0.1, -0.05) is 0 Å². The molecular weight excluding hydrogens is 231 g/mol. The Balaban J connectivity index is 2.29. The van der Waals surface area contributed by atoms with E-state index in [2.05, 4.69) is 15.3 Å². The molecule has 5 heteroatoms. The Labute approximate surface area is 62.8 Å². The third kappa shape index (κ3) is 1.71. The lowest BCUT2D eigenvalue weighted by atomic mass is 11.8. The Kier molecular flexibility index (Phi) is 1.91. The maximum atomic E-state index is 5.91. The van der Waals surface area contributed by atoms with Crippen LogP contribution in [0.3, 0.4) is 0 Å². The first-order valence-corrected chi connectivity index (χ1v) is 11.2. The van der Waals surface area contributed by atoms with Crippen molar-refractivity contribution in [3.05, 3.63) is 0 Å². The number of hydrogen-bond donors (Lipinski definition) is 0. The lowest BCUT2D eigenvalue weighted by Gasteiger charge is -2.30. The van der Waals surface area contributed by atoms with Crippen LogP contribution in [-0.4, -0.2) is 14.1 Å². The van der Waals surface area contributed by atoms with Gasteiger partial charge in [-0.15, -0.1) is 15.3 Å². The van der Waals surface area contributed by atoms with Gasteiger partial charge in [0.15, 0.2) is 0 Å². The fourth-order valence-electron chi connectivity index (χ4n) is 0.588. The molecule has 0 bridgehead atoms. The van der Waals surface area contributed by atoms with Crippen LogP contribution in [0, 0.1) is 0 Å². The molecule has 1 fully saturated rings. The molecule has 1 aliphatic rings. The average molecular weight is 236 g/mol. The zero-order valence-electron chi connectivity index (χ0n) is 3.63. The molecule has 0 saturated carbocycles. The number of halogens is 3. The molecule has 7 heavy (non-hydrogen) atoms. The molecule has 0 aromatic heterocycles. The van der Waals surface area contributed by atoms with E-state index in [-0.39, 0.29) is 0 Å². The summed E-state index contributed by atoms with van der Waals surface area (Å²) in [5, 5.41) is 0. The SMILES string of the molecule is Cl[SiH]1C[Si](Cl)(Br)C1. The van der Waals surface area contributed by atoms with Gasteiger partial charge in [-0.25, -0.2) is 0 Å². The van der Waals surface area contributed by atoms with Crippen LogP contribution in [0.25, 0.3) is 0 Å². The van der Waals surface area contributed by atoms with E-state index in [0.717, 1.165) is 11.3 Å². The summed E-state index contributed by atoms with van der Waals surface area (Å²) in [5.74, 6) is 0. The van der Waals surface area contributed by atoms with Crippen molar-refractivity contribution in [2.24, 2.45) is 0 Å². The predicted molar refractivity (Wildman–Crippen MR) is 43.2 cm³/mol. The van der Waals surface area contributed by atoms with Crippen molar-refractivity contribution >= 4 is 51.6 Å². The van der Waals surface area contributed by atoms with Crippen LogP contribution in [-0.2, 0) is 0 Å². The normalized spacial score (nSPS) is 51.0. The first kappa shape index (κ1) is 6.61. The minimum atomic E-state index is -1.30. The highest BCUT2D eigenvalue weighted by Crippen LogP contribution is 2.41. The van der Waals surface area contributed by atoms with Gasteiger partial charge in [0.2, 0.25) is 6.00 Å². The van der Waals surface area contributed by atoms with E-state index in [1.54, 1.807) is 0 Å². The van der Waals surface area contributed by atoms with Gasteiger partial charge >= 0.3 is 0 Å². The Morgan fingerprint density at radius 3 is 2.00 bits per heavy atom. The van der Waals surface area contributed by atoms with Crippen LogP contribution in [0.1, 0.15) is 0 Å². The topological polar surface area (TPSA) is 0 Å². The van der Waals surface area contributed by atoms with E-state index in [1.807, 2.05) is 0 Å². The summed E-state index contributed by atoms with van der Waals surface area (Å²) in [4.78, 5) is 0.